The molecule has 3 aromatic rings. The number of aliphatic hydroxyl groups excluding tert-OH is 1. The summed E-state index contributed by atoms with van der Waals surface area (Å²) < 4.78 is 12.2. The first kappa shape index (κ1) is 20.9. The summed E-state index contributed by atoms with van der Waals surface area (Å²) in [4.78, 5) is 16.4. The average molecular weight is 405 g/mol. The van der Waals surface area contributed by atoms with Gasteiger partial charge in [-0.05, 0) is 35.7 Å². The van der Waals surface area contributed by atoms with Crippen molar-refractivity contribution in [1.82, 2.24) is 9.55 Å². The van der Waals surface area contributed by atoms with Gasteiger partial charge in [0, 0.05) is 7.05 Å². The predicted molar refractivity (Wildman–Crippen MR) is 113 cm³/mol. The zero-order chi connectivity index (χ0) is 21.7. The van der Waals surface area contributed by atoms with Crippen molar-refractivity contribution in [3.63, 3.8) is 0 Å². The molecular weight excluding hydrogens is 382 g/mol. The number of nitrogens with zero attached hydrogens (tertiary/aromatic N) is 3. The highest BCUT2D eigenvalue weighted by molar-refractivity contribution is 5.84. The molecule has 0 bridgehead atoms. The van der Waals surface area contributed by atoms with Crippen LogP contribution in [0.5, 0.6) is 5.75 Å². The summed E-state index contributed by atoms with van der Waals surface area (Å²) >= 11 is 0. The van der Waals surface area contributed by atoms with E-state index in [0.717, 1.165) is 5.52 Å². The Morgan fingerprint density at radius 1 is 1.17 bits per heavy atom. The molecule has 30 heavy (non-hydrogen) atoms. The van der Waals surface area contributed by atoms with Gasteiger partial charge in [-0.3, -0.25) is 0 Å². The zero-order valence-corrected chi connectivity index (χ0v) is 17.1. The van der Waals surface area contributed by atoms with E-state index in [9.17, 15) is 15.2 Å². The normalized spacial score (nSPS) is 11.8. The van der Waals surface area contributed by atoms with Gasteiger partial charge in [0.25, 0.3) is 0 Å². The Bertz CT molecular complexity index is 1120. The number of hydrogen-bond acceptors (Lipinski definition) is 6. The number of nitriles is 1. The van der Waals surface area contributed by atoms with Crippen molar-refractivity contribution in [2.45, 2.75) is 19.8 Å². The number of allylic oxidation sites excluding steroid dienone is 1. The van der Waals surface area contributed by atoms with E-state index in [1.165, 1.54) is 5.56 Å². The number of aromatic nitrogens is 2. The number of hydrogen-bond donors (Lipinski definition) is 1. The first-order chi connectivity index (χ1) is 14.4. The minimum absolute atomic E-state index is 0.0494. The number of rotatable bonds is 7. The van der Waals surface area contributed by atoms with Crippen molar-refractivity contribution in [3.05, 3.63) is 65.7 Å². The Labute approximate surface area is 174 Å². The van der Waals surface area contributed by atoms with Gasteiger partial charge in [0.1, 0.15) is 24.0 Å². The summed E-state index contributed by atoms with van der Waals surface area (Å²) in [5, 5.41) is 19.8. The summed E-state index contributed by atoms with van der Waals surface area (Å²) in [6.07, 6.45) is 0. The van der Waals surface area contributed by atoms with Crippen LogP contribution in [-0.4, -0.2) is 33.8 Å². The Morgan fingerprint density at radius 2 is 1.87 bits per heavy atom. The monoisotopic (exact) mass is 405 g/mol. The van der Waals surface area contributed by atoms with Gasteiger partial charge in [0.05, 0.1) is 11.0 Å². The molecule has 0 aliphatic heterocycles. The molecule has 0 amide bonds. The highest BCUT2D eigenvalue weighted by atomic mass is 16.6. The highest BCUT2D eigenvalue weighted by Crippen LogP contribution is 2.22. The second-order valence-corrected chi connectivity index (χ2v) is 7.09. The maximum atomic E-state index is 12.0. The SMILES string of the molecule is CC(C)c1ccc(OCC(=O)OC/C(O)=C(\C#N)c2nc3ccccc3n2C)cc1. The molecule has 154 valence electrons. The molecule has 0 saturated carbocycles. The molecule has 7 nitrogen and oxygen atoms in total. The maximum absolute atomic E-state index is 12.0. The third-order valence-corrected chi connectivity index (χ3v) is 4.68. The number of benzene rings is 2. The third-order valence-electron chi connectivity index (χ3n) is 4.68. The molecule has 0 unspecified atom stereocenters. The zero-order valence-electron chi connectivity index (χ0n) is 17.1. The Morgan fingerprint density at radius 3 is 2.50 bits per heavy atom. The number of carbonyl (C=O) groups is 1. The lowest BCUT2D eigenvalue weighted by molar-refractivity contribution is -0.145. The van der Waals surface area contributed by atoms with Crippen LogP contribution in [0.2, 0.25) is 0 Å². The fourth-order valence-electron chi connectivity index (χ4n) is 2.97. The van der Waals surface area contributed by atoms with Crippen LogP contribution >= 0.6 is 0 Å². The molecule has 0 saturated heterocycles. The van der Waals surface area contributed by atoms with Gasteiger partial charge < -0.3 is 19.1 Å². The first-order valence-corrected chi connectivity index (χ1v) is 9.53. The largest absolute Gasteiger partial charge is 0.507 e. The van der Waals surface area contributed by atoms with E-state index in [-0.39, 0.29) is 17.9 Å². The first-order valence-electron chi connectivity index (χ1n) is 9.53. The summed E-state index contributed by atoms with van der Waals surface area (Å²) in [5.41, 5.74) is 2.64. The van der Waals surface area contributed by atoms with Crippen molar-refractivity contribution < 1.29 is 19.4 Å². The number of ether oxygens (including phenoxy) is 2. The van der Waals surface area contributed by atoms with E-state index in [1.807, 2.05) is 42.5 Å². The molecule has 1 N–H and O–H groups in total. The van der Waals surface area contributed by atoms with E-state index in [2.05, 4.69) is 18.8 Å². The third kappa shape index (κ3) is 4.61. The Kier molecular flexibility index (Phi) is 6.38. The fourth-order valence-corrected chi connectivity index (χ4v) is 2.97. The lowest BCUT2D eigenvalue weighted by Crippen LogP contribution is -2.17. The van der Waals surface area contributed by atoms with Crippen molar-refractivity contribution in [3.8, 4) is 11.8 Å². The van der Waals surface area contributed by atoms with E-state index < -0.39 is 12.6 Å². The van der Waals surface area contributed by atoms with E-state index in [1.54, 1.807) is 23.7 Å². The van der Waals surface area contributed by atoms with Crippen molar-refractivity contribution >= 4 is 22.6 Å². The number of imidazole rings is 1. The van der Waals surface area contributed by atoms with Crippen LogP contribution in [0.1, 0.15) is 31.2 Å². The molecule has 0 aliphatic carbocycles. The van der Waals surface area contributed by atoms with Gasteiger partial charge in [-0.2, -0.15) is 5.26 Å². The molecule has 0 fully saturated rings. The average Bonchev–Trinajstić information content (AvgIpc) is 3.08. The minimum atomic E-state index is -0.656. The van der Waals surface area contributed by atoms with Gasteiger partial charge >= 0.3 is 5.97 Å². The lowest BCUT2D eigenvalue weighted by Gasteiger charge is -2.09. The molecule has 0 spiro atoms. The molecule has 1 aromatic heterocycles. The highest BCUT2D eigenvalue weighted by Gasteiger charge is 2.17. The second kappa shape index (κ2) is 9.14. The van der Waals surface area contributed by atoms with Crippen molar-refractivity contribution in [2.24, 2.45) is 7.05 Å². The van der Waals surface area contributed by atoms with Gasteiger partial charge in [-0.15, -0.1) is 0 Å². The standard InChI is InChI=1S/C23H23N3O4/c1-15(2)16-8-10-17(11-9-16)29-14-22(28)30-13-21(27)18(12-24)23-25-19-6-4-5-7-20(19)26(23)3/h4-11,15,27H,13-14H2,1-3H3/b21-18-. The van der Waals surface area contributed by atoms with E-state index >= 15 is 0 Å². The smallest absolute Gasteiger partial charge is 0.344 e. The summed E-state index contributed by atoms with van der Waals surface area (Å²) in [7, 11) is 1.75. The molecule has 2 aromatic carbocycles. The van der Waals surface area contributed by atoms with E-state index in [4.69, 9.17) is 9.47 Å². The van der Waals surface area contributed by atoms with Crippen LogP contribution in [0.3, 0.4) is 0 Å². The lowest BCUT2D eigenvalue weighted by atomic mass is 10.0. The number of aryl methyl sites for hydroxylation is 1. The van der Waals surface area contributed by atoms with E-state index in [0.29, 0.717) is 23.0 Å². The quantitative estimate of drug-likeness (QED) is 0.361. The Hall–Kier alpha value is -3.79. The van der Waals surface area contributed by atoms with Crippen LogP contribution in [0.15, 0.2) is 54.3 Å². The van der Waals surface area contributed by atoms with Gasteiger partial charge in [-0.25, -0.2) is 9.78 Å². The van der Waals surface area contributed by atoms with Crippen LogP contribution in [-0.2, 0) is 16.6 Å². The summed E-state index contributed by atoms with van der Waals surface area (Å²) in [5.74, 6) is 0.231. The molecule has 0 radical (unpaired) electrons. The van der Waals surface area contributed by atoms with Gasteiger partial charge in [0.15, 0.2) is 18.2 Å². The number of fused-ring (bicyclic) bond motifs is 1. The van der Waals surface area contributed by atoms with Crippen molar-refractivity contribution in [1.29, 1.82) is 5.26 Å². The number of esters is 1. The molecule has 0 aliphatic rings. The van der Waals surface area contributed by atoms with Gasteiger partial charge in [-0.1, -0.05) is 38.1 Å². The Balaban J connectivity index is 1.63. The fraction of sp³-hybridized carbons (Fsp3) is 0.261. The molecule has 7 heteroatoms. The molecular formula is C23H23N3O4. The number of para-hydroxylation sites is 2. The van der Waals surface area contributed by atoms with Crippen LogP contribution in [0, 0.1) is 11.3 Å². The van der Waals surface area contributed by atoms with Crippen LogP contribution in [0.25, 0.3) is 16.6 Å². The maximum Gasteiger partial charge on any atom is 0.344 e. The molecule has 3 rings (SSSR count). The van der Waals surface area contributed by atoms with Crippen molar-refractivity contribution in [2.75, 3.05) is 13.2 Å². The summed E-state index contributed by atoms with van der Waals surface area (Å²) in [6, 6.07) is 16.8. The topological polar surface area (TPSA) is 97.4 Å². The minimum Gasteiger partial charge on any atom is -0.507 e. The number of aliphatic hydroxyl groups is 1. The molecule has 1 heterocycles. The summed E-state index contributed by atoms with van der Waals surface area (Å²) in [6.45, 7) is 3.44. The number of carbonyl (C=O) groups excluding carboxylic acids is 1. The van der Waals surface area contributed by atoms with Gasteiger partial charge in [0.2, 0.25) is 0 Å². The molecule has 0 atom stereocenters. The van der Waals surface area contributed by atoms with Crippen LogP contribution in [0.4, 0.5) is 0 Å². The second-order valence-electron chi connectivity index (χ2n) is 7.09. The predicted octanol–water partition coefficient (Wildman–Crippen LogP) is 4.11. The van der Waals surface area contributed by atoms with Crippen LogP contribution < -0.4 is 4.74 Å².